The molecule has 0 aliphatic carbocycles. The molecule has 0 bridgehead atoms. The lowest BCUT2D eigenvalue weighted by Crippen LogP contribution is -2.61. The second kappa shape index (κ2) is 18.4. The van der Waals surface area contributed by atoms with Crippen molar-refractivity contribution >= 4 is 29.8 Å². The monoisotopic (exact) mass is 747 g/mol. The van der Waals surface area contributed by atoms with E-state index < -0.39 is 41.2 Å². The summed E-state index contributed by atoms with van der Waals surface area (Å²) in [7, 11) is 0. The van der Waals surface area contributed by atoms with Crippen molar-refractivity contribution in [2.45, 2.75) is 118 Å². The number of carbonyl (C=O) groups excluding carboxylic acids is 4. The van der Waals surface area contributed by atoms with Crippen LogP contribution in [0.25, 0.3) is 6.08 Å². The molecular weight excluding hydrogens is 686 g/mol. The molecule has 0 saturated carbocycles. The van der Waals surface area contributed by atoms with E-state index in [4.69, 9.17) is 14.2 Å². The fourth-order valence-corrected chi connectivity index (χ4v) is 7.21. The Morgan fingerprint density at radius 3 is 2.26 bits per heavy atom. The molecule has 2 amide bonds. The van der Waals surface area contributed by atoms with E-state index in [9.17, 15) is 24.3 Å². The highest BCUT2D eigenvalue weighted by Crippen LogP contribution is 2.39. The van der Waals surface area contributed by atoms with Gasteiger partial charge in [0.2, 0.25) is 11.8 Å². The van der Waals surface area contributed by atoms with E-state index in [2.05, 4.69) is 43.1 Å². The van der Waals surface area contributed by atoms with Crippen LogP contribution in [0.4, 0.5) is 0 Å². The number of benzene rings is 2. The lowest BCUT2D eigenvalue weighted by molar-refractivity contribution is -0.169. The van der Waals surface area contributed by atoms with Crippen molar-refractivity contribution < 1.29 is 38.5 Å². The third-order valence-electron chi connectivity index (χ3n) is 10.5. The van der Waals surface area contributed by atoms with Gasteiger partial charge in [0.1, 0.15) is 24.0 Å². The molecule has 0 unspecified atom stereocenters. The summed E-state index contributed by atoms with van der Waals surface area (Å²) in [5, 5.41) is 14.2. The van der Waals surface area contributed by atoms with Gasteiger partial charge in [0.25, 0.3) is 0 Å². The van der Waals surface area contributed by atoms with Gasteiger partial charge in [-0.15, -0.1) is 0 Å². The number of nitrogens with zero attached hydrogens (tertiary/aromatic N) is 2. The first kappa shape index (κ1) is 42.5. The topological polar surface area (TPSA) is 135 Å². The second-order valence-corrected chi connectivity index (χ2v) is 15.9. The fraction of sp³-hybridized carbons (Fsp3) is 0.581. The number of aryl methyl sites for hydroxylation is 2. The first-order valence-corrected chi connectivity index (χ1v) is 19.4. The van der Waals surface area contributed by atoms with Gasteiger partial charge >= 0.3 is 11.9 Å². The highest BCUT2D eigenvalue weighted by Gasteiger charge is 2.38. The number of esters is 2. The number of aromatic hydroxyl groups is 1. The predicted octanol–water partition coefficient (Wildman–Crippen LogP) is 6.06. The van der Waals surface area contributed by atoms with Crippen molar-refractivity contribution in [3.05, 3.63) is 69.8 Å². The fourth-order valence-electron chi connectivity index (χ4n) is 7.21. The van der Waals surface area contributed by atoms with E-state index in [1.807, 2.05) is 49.1 Å². The quantitative estimate of drug-likeness (QED) is 0.221. The molecule has 2 aromatic rings. The highest BCUT2D eigenvalue weighted by atomic mass is 16.6. The molecule has 54 heavy (non-hydrogen) atoms. The van der Waals surface area contributed by atoms with Crippen LogP contribution in [-0.2, 0) is 46.2 Å². The zero-order valence-electron chi connectivity index (χ0n) is 33.8. The summed E-state index contributed by atoms with van der Waals surface area (Å²) in [6.45, 7) is 20.2. The molecule has 4 rings (SSSR count). The largest absolute Gasteiger partial charge is 0.508 e. The summed E-state index contributed by atoms with van der Waals surface area (Å²) in [5.41, 5.74) is 3.97. The number of carbonyl (C=O) groups is 4. The van der Waals surface area contributed by atoms with Crippen molar-refractivity contribution in [3.8, 4) is 5.75 Å². The van der Waals surface area contributed by atoms with E-state index in [-0.39, 0.29) is 24.2 Å². The Hall–Kier alpha value is -4.22. The van der Waals surface area contributed by atoms with E-state index >= 15 is 0 Å². The van der Waals surface area contributed by atoms with Gasteiger partial charge in [0.05, 0.1) is 17.6 Å². The third-order valence-corrected chi connectivity index (χ3v) is 10.5. The van der Waals surface area contributed by atoms with Crippen LogP contribution in [0.2, 0.25) is 0 Å². The van der Waals surface area contributed by atoms with Crippen molar-refractivity contribution in [1.82, 2.24) is 15.1 Å². The molecule has 3 atom stereocenters. The molecule has 0 radical (unpaired) electrons. The Morgan fingerprint density at radius 1 is 0.944 bits per heavy atom. The van der Waals surface area contributed by atoms with Crippen LogP contribution in [0.5, 0.6) is 5.75 Å². The van der Waals surface area contributed by atoms with Crippen LogP contribution in [0, 0.1) is 12.3 Å². The number of nitrogens with one attached hydrogen (secondary N) is 1. The van der Waals surface area contributed by atoms with Gasteiger partial charge in [0.15, 0.2) is 0 Å². The standard InChI is InChI=1S/C43H61N3O8/c1-10-12-33-24-38(49)37(39-26-35(53-30(5)48)25-36(54-39)27-52-29(4)47)23-34(33)22-32-14-13-31(21-28(32)3)15-16-42(6,7)40(50)44-43(8,9)41(51)46-19-17-45(11-2)18-20-46/h13-16,21,23-24,35-36,39,49H,10-12,17-20,22,25-27H2,1-9H3,(H,44,50)/b16-15+/t35-,36-,39+/m0/s1. The minimum Gasteiger partial charge on any atom is -0.508 e. The maximum atomic E-state index is 13.5. The lowest BCUT2D eigenvalue weighted by Gasteiger charge is -2.39. The normalized spacial score (nSPS) is 19.8. The summed E-state index contributed by atoms with van der Waals surface area (Å²) in [6.07, 6.45) is 5.40. The minimum atomic E-state index is -1.03. The van der Waals surface area contributed by atoms with E-state index in [0.717, 1.165) is 60.3 Å². The second-order valence-electron chi connectivity index (χ2n) is 15.9. The van der Waals surface area contributed by atoms with Gasteiger partial charge < -0.3 is 34.4 Å². The number of piperazine rings is 1. The van der Waals surface area contributed by atoms with Gasteiger partial charge in [-0.3, -0.25) is 19.2 Å². The summed E-state index contributed by atoms with van der Waals surface area (Å²) < 4.78 is 17.1. The first-order chi connectivity index (χ1) is 25.4. The third kappa shape index (κ3) is 11.4. The molecule has 2 aromatic carbocycles. The smallest absolute Gasteiger partial charge is 0.302 e. The molecule has 11 nitrogen and oxygen atoms in total. The number of rotatable bonds is 14. The number of hydrogen-bond acceptors (Lipinski definition) is 9. The highest BCUT2D eigenvalue weighted by molar-refractivity contribution is 5.93. The van der Waals surface area contributed by atoms with Gasteiger partial charge in [-0.2, -0.15) is 0 Å². The summed E-state index contributed by atoms with van der Waals surface area (Å²) in [5.74, 6) is -0.991. The van der Waals surface area contributed by atoms with Gasteiger partial charge in [-0.1, -0.05) is 50.6 Å². The van der Waals surface area contributed by atoms with Gasteiger partial charge in [0, 0.05) is 58.4 Å². The number of hydrogen-bond donors (Lipinski definition) is 2. The molecule has 2 heterocycles. The minimum absolute atomic E-state index is 0.0294. The predicted molar refractivity (Wildman–Crippen MR) is 209 cm³/mol. The van der Waals surface area contributed by atoms with E-state index in [0.29, 0.717) is 37.9 Å². The number of phenols is 1. The molecule has 11 heteroatoms. The first-order valence-electron chi connectivity index (χ1n) is 19.4. The van der Waals surface area contributed by atoms with Crippen molar-refractivity contribution in [2.75, 3.05) is 39.3 Å². The summed E-state index contributed by atoms with van der Waals surface area (Å²) >= 11 is 0. The molecule has 2 N–H and O–H groups in total. The van der Waals surface area contributed by atoms with Crippen LogP contribution in [0.1, 0.15) is 114 Å². The molecule has 296 valence electrons. The van der Waals surface area contributed by atoms with Crippen molar-refractivity contribution in [2.24, 2.45) is 5.41 Å². The van der Waals surface area contributed by atoms with Crippen molar-refractivity contribution in [1.29, 1.82) is 0 Å². The van der Waals surface area contributed by atoms with Gasteiger partial charge in [-0.05, 0) is 94.0 Å². The van der Waals surface area contributed by atoms with Crippen LogP contribution in [-0.4, -0.2) is 95.7 Å². The maximum absolute atomic E-state index is 13.5. The van der Waals surface area contributed by atoms with Crippen LogP contribution in [0.15, 0.2) is 36.4 Å². The van der Waals surface area contributed by atoms with Crippen LogP contribution >= 0.6 is 0 Å². The van der Waals surface area contributed by atoms with Crippen LogP contribution < -0.4 is 5.32 Å². The van der Waals surface area contributed by atoms with Crippen molar-refractivity contribution in [3.63, 3.8) is 0 Å². The van der Waals surface area contributed by atoms with E-state index in [1.54, 1.807) is 13.8 Å². The lowest BCUT2D eigenvalue weighted by atomic mass is 9.88. The number of ether oxygens (including phenoxy) is 3. The zero-order valence-corrected chi connectivity index (χ0v) is 33.8. The van der Waals surface area contributed by atoms with Crippen LogP contribution in [0.3, 0.4) is 0 Å². The number of phenolic OH excluding ortho intramolecular Hbond substituents is 1. The SMILES string of the molecule is CCCc1cc(O)c([C@H]2C[C@@H](OC(C)=O)C[C@@H](COC(C)=O)O2)cc1Cc1ccc(/C=C/C(C)(C)C(=O)NC(C)(C)C(=O)N2CCN(CC)CC2)cc1C. The average Bonchev–Trinajstić information content (AvgIpc) is 3.11. The van der Waals surface area contributed by atoms with Gasteiger partial charge in [-0.25, -0.2) is 0 Å². The number of amides is 2. The molecule has 0 aromatic heterocycles. The average molecular weight is 748 g/mol. The molecular formula is C43H61N3O8. The maximum Gasteiger partial charge on any atom is 0.302 e. The molecule has 0 spiro atoms. The molecule has 2 fully saturated rings. The van der Waals surface area contributed by atoms with E-state index in [1.165, 1.54) is 13.8 Å². The summed E-state index contributed by atoms with van der Waals surface area (Å²) in [4.78, 5) is 54.4. The Kier molecular flexibility index (Phi) is 14.5. The Balaban J connectivity index is 1.49. The number of likely N-dealkylation sites (N-methyl/N-ethyl adjacent to an activating group) is 1. The Bertz CT molecular complexity index is 1690. The molecule has 2 saturated heterocycles. The molecule has 2 aliphatic heterocycles. The molecule has 2 aliphatic rings. The Labute approximate surface area is 321 Å². The summed E-state index contributed by atoms with van der Waals surface area (Å²) in [6, 6.07) is 10.0. The zero-order chi connectivity index (χ0) is 39.8. The Morgan fingerprint density at radius 2 is 1.65 bits per heavy atom.